The molecule has 1 aliphatic heterocycles. The summed E-state index contributed by atoms with van der Waals surface area (Å²) >= 11 is 5.55. The number of nitrogens with one attached hydrogen (secondary N) is 1. The number of anilines is 2. The molecule has 3 rings (SSSR count). The molecule has 0 bridgehead atoms. The van der Waals surface area contributed by atoms with Crippen LogP contribution >= 0.6 is 12.2 Å². The maximum Gasteiger partial charge on any atom is 0.273 e. The largest absolute Gasteiger partial charge is 0.494 e. The van der Waals surface area contributed by atoms with Crippen molar-refractivity contribution in [2.45, 2.75) is 12.8 Å². The maximum atomic E-state index is 10.9. The predicted octanol–water partition coefficient (Wildman–Crippen LogP) is 3.75. The monoisotopic (exact) mass is 343 g/mol. The highest BCUT2D eigenvalue weighted by atomic mass is 32.1. The predicted molar refractivity (Wildman–Crippen MR) is 98.0 cm³/mol. The molecule has 1 aliphatic rings. The second kappa shape index (κ2) is 6.84. The first kappa shape index (κ1) is 16.2. The molecule has 1 heterocycles. The summed E-state index contributed by atoms with van der Waals surface area (Å²) in [5, 5.41) is 14.6. The van der Waals surface area contributed by atoms with Crippen molar-refractivity contribution in [1.29, 1.82) is 0 Å². The molecular formula is C17H17N3O3S. The zero-order valence-electron chi connectivity index (χ0n) is 13.2. The lowest BCUT2D eigenvalue weighted by Crippen LogP contribution is -2.38. The fourth-order valence-electron chi connectivity index (χ4n) is 2.82. The molecule has 0 unspecified atom stereocenters. The van der Waals surface area contributed by atoms with Crippen LogP contribution in [0.25, 0.3) is 0 Å². The number of para-hydroxylation sites is 1. The number of nitro groups is 1. The van der Waals surface area contributed by atoms with E-state index in [1.54, 1.807) is 6.07 Å². The minimum Gasteiger partial charge on any atom is -0.494 e. The van der Waals surface area contributed by atoms with E-state index in [1.165, 1.54) is 24.8 Å². The van der Waals surface area contributed by atoms with Gasteiger partial charge in [0.25, 0.3) is 5.69 Å². The number of nitro benzene ring substituents is 1. The van der Waals surface area contributed by atoms with Gasteiger partial charge in [-0.2, -0.15) is 0 Å². The van der Waals surface area contributed by atoms with Gasteiger partial charge in [0.15, 0.2) is 5.11 Å². The Kier molecular flexibility index (Phi) is 4.61. The number of aryl methyl sites for hydroxylation is 1. The molecule has 7 heteroatoms. The van der Waals surface area contributed by atoms with E-state index in [1.807, 2.05) is 12.1 Å². The third kappa shape index (κ3) is 3.16. The summed E-state index contributed by atoms with van der Waals surface area (Å²) in [5.74, 6) is 0.386. The van der Waals surface area contributed by atoms with Crippen molar-refractivity contribution in [1.82, 2.24) is 0 Å². The molecule has 0 saturated heterocycles. The van der Waals surface area contributed by atoms with Crippen molar-refractivity contribution in [2.75, 3.05) is 23.9 Å². The van der Waals surface area contributed by atoms with Crippen LogP contribution in [-0.2, 0) is 6.42 Å². The van der Waals surface area contributed by atoms with Gasteiger partial charge in [0.1, 0.15) is 5.75 Å². The highest BCUT2D eigenvalue weighted by molar-refractivity contribution is 7.80. The standard InChI is InChI=1S/C17H17N3O3S/c1-23-16-11-13(20(21)22)8-9-14(16)18-17(24)19-10-4-6-12-5-2-3-7-15(12)19/h2-3,5,7-9,11H,4,6,10H2,1H3,(H,18,24). The molecule has 2 aromatic carbocycles. The second-order valence-electron chi connectivity index (χ2n) is 5.46. The third-order valence-corrected chi connectivity index (χ3v) is 4.32. The van der Waals surface area contributed by atoms with Gasteiger partial charge < -0.3 is 15.0 Å². The number of thiocarbonyl (C=S) groups is 1. The van der Waals surface area contributed by atoms with Crippen LogP contribution in [0.2, 0.25) is 0 Å². The number of nitrogens with zero attached hydrogens (tertiary/aromatic N) is 2. The van der Waals surface area contributed by atoms with Crippen LogP contribution in [0, 0.1) is 10.1 Å². The molecule has 124 valence electrons. The lowest BCUT2D eigenvalue weighted by Gasteiger charge is -2.31. The summed E-state index contributed by atoms with van der Waals surface area (Å²) < 4.78 is 5.25. The van der Waals surface area contributed by atoms with Crippen molar-refractivity contribution < 1.29 is 9.66 Å². The normalized spacial score (nSPS) is 13.1. The fraction of sp³-hybridized carbons (Fsp3) is 0.235. The number of methoxy groups -OCH3 is 1. The minimum atomic E-state index is -0.453. The Bertz CT molecular complexity index is 794. The lowest BCUT2D eigenvalue weighted by molar-refractivity contribution is -0.384. The molecule has 0 aliphatic carbocycles. The van der Waals surface area contributed by atoms with Crippen molar-refractivity contribution in [2.24, 2.45) is 0 Å². The van der Waals surface area contributed by atoms with Gasteiger partial charge >= 0.3 is 0 Å². The number of ether oxygens (including phenoxy) is 1. The average Bonchev–Trinajstić information content (AvgIpc) is 2.61. The Hall–Kier alpha value is -2.67. The number of rotatable bonds is 3. The average molecular weight is 343 g/mol. The van der Waals surface area contributed by atoms with Gasteiger partial charge in [-0.25, -0.2) is 0 Å². The van der Waals surface area contributed by atoms with Gasteiger partial charge in [-0.05, 0) is 42.8 Å². The number of non-ortho nitro benzene ring substituents is 1. The Labute approximate surface area is 145 Å². The summed E-state index contributed by atoms with van der Waals surface area (Å²) in [4.78, 5) is 12.5. The molecule has 0 spiro atoms. The Balaban J connectivity index is 1.84. The van der Waals surface area contributed by atoms with Crippen molar-refractivity contribution >= 4 is 34.4 Å². The molecule has 0 fully saturated rings. The zero-order valence-corrected chi connectivity index (χ0v) is 14.0. The minimum absolute atomic E-state index is 0.0216. The van der Waals surface area contributed by atoms with Crippen molar-refractivity contribution in [3.8, 4) is 5.75 Å². The highest BCUT2D eigenvalue weighted by Gasteiger charge is 2.21. The molecule has 2 aromatic rings. The molecule has 0 radical (unpaired) electrons. The van der Waals surface area contributed by atoms with Gasteiger partial charge in [0, 0.05) is 18.3 Å². The van der Waals surface area contributed by atoms with Crippen molar-refractivity contribution in [3.05, 3.63) is 58.1 Å². The second-order valence-corrected chi connectivity index (χ2v) is 5.84. The summed E-state index contributed by atoms with van der Waals surface area (Å²) in [7, 11) is 1.48. The van der Waals surface area contributed by atoms with Crippen LogP contribution in [0.5, 0.6) is 5.75 Å². The summed E-state index contributed by atoms with van der Waals surface area (Å²) in [6.45, 7) is 0.831. The van der Waals surface area contributed by atoms with Crippen LogP contribution in [0.15, 0.2) is 42.5 Å². The summed E-state index contributed by atoms with van der Waals surface area (Å²) in [6.07, 6.45) is 2.06. The van der Waals surface area contributed by atoms with E-state index < -0.39 is 4.92 Å². The van der Waals surface area contributed by atoms with Crippen LogP contribution in [0.1, 0.15) is 12.0 Å². The molecule has 6 nitrogen and oxygen atoms in total. The van der Waals surface area contributed by atoms with Gasteiger partial charge in [0.2, 0.25) is 0 Å². The summed E-state index contributed by atoms with van der Waals surface area (Å²) in [5.41, 5.74) is 2.95. The number of hydrogen-bond acceptors (Lipinski definition) is 4. The SMILES string of the molecule is COc1cc([N+](=O)[O-])ccc1NC(=S)N1CCCc2ccccc21. The van der Waals surface area contributed by atoms with E-state index in [0.29, 0.717) is 16.5 Å². The van der Waals surface area contributed by atoms with Gasteiger partial charge in [-0.15, -0.1) is 0 Å². The molecular weight excluding hydrogens is 326 g/mol. The first-order valence-corrected chi connectivity index (χ1v) is 8.00. The van der Waals surface area contributed by atoms with E-state index in [4.69, 9.17) is 17.0 Å². The van der Waals surface area contributed by atoms with Crippen molar-refractivity contribution in [3.63, 3.8) is 0 Å². The van der Waals surface area contributed by atoms with E-state index in [2.05, 4.69) is 22.3 Å². The van der Waals surface area contributed by atoms with E-state index in [9.17, 15) is 10.1 Å². The van der Waals surface area contributed by atoms with Crippen LogP contribution in [0.4, 0.5) is 17.1 Å². The Morgan fingerprint density at radius 2 is 2.12 bits per heavy atom. The molecule has 1 N–H and O–H groups in total. The number of benzene rings is 2. The molecule has 0 aromatic heterocycles. The first-order chi connectivity index (χ1) is 11.6. The zero-order chi connectivity index (χ0) is 17.1. The summed E-state index contributed by atoms with van der Waals surface area (Å²) in [6, 6.07) is 12.6. The molecule has 0 amide bonds. The van der Waals surface area contributed by atoms with Crippen LogP contribution in [0.3, 0.4) is 0 Å². The van der Waals surface area contributed by atoms with Gasteiger partial charge in [-0.3, -0.25) is 10.1 Å². The lowest BCUT2D eigenvalue weighted by atomic mass is 10.0. The smallest absolute Gasteiger partial charge is 0.273 e. The first-order valence-electron chi connectivity index (χ1n) is 7.59. The Morgan fingerprint density at radius 3 is 2.88 bits per heavy atom. The third-order valence-electron chi connectivity index (χ3n) is 3.99. The van der Waals surface area contributed by atoms with Gasteiger partial charge in [-0.1, -0.05) is 18.2 Å². The topological polar surface area (TPSA) is 67.6 Å². The molecule has 0 saturated carbocycles. The van der Waals surface area contributed by atoms with E-state index >= 15 is 0 Å². The van der Waals surface area contributed by atoms with Crippen LogP contribution in [-0.4, -0.2) is 23.7 Å². The van der Waals surface area contributed by atoms with Crippen LogP contribution < -0.4 is 15.0 Å². The fourth-order valence-corrected chi connectivity index (χ4v) is 3.12. The van der Waals surface area contributed by atoms with E-state index in [-0.39, 0.29) is 5.69 Å². The quantitative estimate of drug-likeness (QED) is 0.520. The maximum absolute atomic E-state index is 10.9. The van der Waals surface area contributed by atoms with Gasteiger partial charge in [0.05, 0.1) is 23.8 Å². The number of fused-ring (bicyclic) bond motifs is 1. The highest BCUT2D eigenvalue weighted by Crippen LogP contribution is 2.31. The molecule has 24 heavy (non-hydrogen) atoms. The number of hydrogen-bond donors (Lipinski definition) is 1. The Morgan fingerprint density at radius 1 is 1.33 bits per heavy atom. The molecule has 0 atom stereocenters. The van der Waals surface area contributed by atoms with E-state index in [0.717, 1.165) is 25.1 Å².